The van der Waals surface area contributed by atoms with Crippen molar-refractivity contribution in [3.05, 3.63) is 83.9 Å². The van der Waals surface area contributed by atoms with Crippen LogP contribution >= 0.6 is 0 Å². The standard InChI is InChI=1S/C22H21NO4/c1-25-19-12-7-13-20(26-2)21(19)27-15-16-8-6-9-17(14-16)22(24)23-18-10-4-3-5-11-18/h3-14H,15H2,1-2H3,(H,23,24). The first-order chi connectivity index (χ1) is 13.2. The molecule has 138 valence electrons. The minimum absolute atomic E-state index is 0.169. The predicted molar refractivity (Wildman–Crippen MR) is 105 cm³/mol. The summed E-state index contributed by atoms with van der Waals surface area (Å²) < 4.78 is 16.6. The summed E-state index contributed by atoms with van der Waals surface area (Å²) >= 11 is 0. The predicted octanol–water partition coefficient (Wildman–Crippen LogP) is 4.54. The Kier molecular flexibility index (Phi) is 5.94. The monoisotopic (exact) mass is 363 g/mol. The first kappa shape index (κ1) is 18.3. The average molecular weight is 363 g/mol. The van der Waals surface area contributed by atoms with Gasteiger partial charge >= 0.3 is 0 Å². The topological polar surface area (TPSA) is 56.8 Å². The van der Waals surface area contributed by atoms with E-state index in [1.54, 1.807) is 26.4 Å². The van der Waals surface area contributed by atoms with E-state index in [9.17, 15) is 4.79 Å². The summed E-state index contributed by atoms with van der Waals surface area (Å²) in [5.74, 6) is 1.54. The van der Waals surface area contributed by atoms with E-state index in [4.69, 9.17) is 14.2 Å². The quantitative estimate of drug-likeness (QED) is 0.670. The largest absolute Gasteiger partial charge is 0.493 e. The summed E-state index contributed by atoms with van der Waals surface area (Å²) in [4.78, 5) is 12.4. The molecule has 1 amide bonds. The smallest absolute Gasteiger partial charge is 0.255 e. The van der Waals surface area contributed by atoms with E-state index in [1.165, 1.54) is 0 Å². The van der Waals surface area contributed by atoms with Crippen LogP contribution in [0.25, 0.3) is 0 Å². The molecule has 0 unspecified atom stereocenters. The maximum absolute atomic E-state index is 12.4. The summed E-state index contributed by atoms with van der Waals surface area (Å²) in [7, 11) is 3.16. The molecule has 5 heteroatoms. The lowest BCUT2D eigenvalue weighted by atomic mass is 10.1. The van der Waals surface area contributed by atoms with Gasteiger partial charge in [0.25, 0.3) is 5.91 Å². The summed E-state index contributed by atoms with van der Waals surface area (Å²) in [6, 6.07) is 22.1. The van der Waals surface area contributed by atoms with Gasteiger partial charge in [0, 0.05) is 11.3 Å². The number of nitrogens with one attached hydrogen (secondary N) is 1. The molecular formula is C22H21NO4. The van der Waals surface area contributed by atoms with Crippen LogP contribution in [0.15, 0.2) is 72.8 Å². The Morgan fingerprint density at radius 3 is 2.19 bits per heavy atom. The summed E-state index contributed by atoms with van der Waals surface area (Å²) in [5.41, 5.74) is 2.18. The molecular weight excluding hydrogens is 342 g/mol. The third kappa shape index (κ3) is 4.58. The number of amides is 1. The molecule has 0 bridgehead atoms. The van der Waals surface area contributed by atoms with Crippen LogP contribution in [-0.2, 0) is 6.61 Å². The zero-order valence-electron chi connectivity index (χ0n) is 15.3. The van der Waals surface area contributed by atoms with Crippen molar-refractivity contribution >= 4 is 11.6 Å². The second kappa shape index (κ2) is 8.76. The lowest BCUT2D eigenvalue weighted by Crippen LogP contribution is -2.12. The van der Waals surface area contributed by atoms with Gasteiger partial charge in [-0.2, -0.15) is 0 Å². The maximum atomic E-state index is 12.4. The molecule has 0 heterocycles. The molecule has 0 saturated carbocycles. The Labute approximate surface area is 158 Å². The lowest BCUT2D eigenvalue weighted by molar-refractivity contribution is 0.102. The Balaban J connectivity index is 1.72. The molecule has 0 saturated heterocycles. The number of methoxy groups -OCH3 is 2. The zero-order valence-corrected chi connectivity index (χ0v) is 15.3. The molecule has 0 spiro atoms. The third-order valence-electron chi connectivity index (χ3n) is 3.99. The second-order valence-corrected chi connectivity index (χ2v) is 5.80. The van der Waals surface area contributed by atoms with Crippen LogP contribution in [0.4, 0.5) is 5.69 Å². The highest BCUT2D eigenvalue weighted by atomic mass is 16.5. The van der Waals surface area contributed by atoms with Gasteiger partial charge in [0.2, 0.25) is 5.75 Å². The number of hydrogen-bond acceptors (Lipinski definition) is 4. The maximum Gasteiger partial charge on any atom is 0.255 e. The van der Waals surface area contributed by atoms with E-state index in [0.29, 0.717) is 22.8 Å². The van der Waals surface area contributed by atoms with Crippen molar-refractivity contribution in [2.75, 3.05) is 19.5 Å². The molecule has 0 aliphatic heterocycles. The lowest BCUT2D eigenvalue weighted by Gasteiger charge is -2.14. The number of benzene rings is 3. The molecule has 0 atom stereocenters. The van der Waals surface area contributed by atoms with Gasteiger partial charge in [-0.1, -0.05) is 36.4 Å². The molecule has 3 rings (SSSR count). The zero-order chi connectivity index (χ0) is 19.1. The summed E-state index contributed by atoms with van der Waals surface area (Å²) in [6.07, 6.45) is 0. The van der Waals surface area contributed by atoms with E-state index in [2.05, 4.69) is 5.32 Å². The first-order valence-corrected chi connectivity index (χ1v) is 8.50. The van der Waals surface area contributed by atoms with Gasteiger partial charge in [-0.25, -0.2) is 0 Å². The van der Waals surface area contributed by atoms with E-state index in [1.807, 2.05) is 60.7 Å². The fourth-order valence-corrected chi connectivity index (χ4v) is 2.64. The van der Waals surface area contributed by atoms with E-state index in [0.717, 1.165) is 11.3 Å². The van der Waals surface area contributed by atoms with Crippen LogP contribution in [0.3, 0.4) is 0 Å². The van der Waals surface area contributed by atoms with Crippen molar-refractivity contribution in [3.63, 3.8) is 0 Å². The number of para-hydroxylation sites is 2. The molecule has 0 aliphatic carbocycles. The van der Waals surface area contributed by atoms with Gasteiger partial charge in [0.1, 0.15) is 6.61 Å². The van der Waals surface area contributed by atoms with Crippen LogP contribution in [0, 0.1) is 0 Å². The van der Waals surface area contributed by atoms with Crippen LogP contribution in [0.2, 0.25) is 0 Å². The Bertz CT molecular complexity index is 887. The molecule has 3 aromatic rings. The fourth-order valence-electron chi connectivity index (χ4n) is 2.64. The molecule has 0 fully saturated rings. The van der Waals surface area contributed by atoms with Crippen molar-refractivity contribution in [1.82, 2.24) is 0 Å². The first-order valence-electron chi connectivity index (χ1n) is 8.50. The van der Waals surface area contributed by atoms with Gasteiger partial charge < -0.3 is 19.5 Å². The highest BCUT2D eigenvalue weighted by Gasteiger charge is 2.12. The van der Waals surface area contributed by atoms with Gasteiger partial charge in [-0.05, 0) is 42.0 Å². The van der Waals surface area contributed by atoms with E-state index >= 15 is 0 Å². The average Bonchev–Trinajstić information content (AvgIpc) is 2.72. The summed E-state index contributed by atoms with van der Waals surface area (Å²) in [6.45, 7) is 0.281. The van der Waals surface area contributed by atoms with Crippen molar-refractivity contribution in [3.8, 4) is 17.2 Å². The van der Waals surface area contributed by atoms with Crippen LogP contribution < -0.4 is 19.5 Å². The number of carbonyl (C=O) groups excluding carboxylic acids is 1. The molecule has 0 aliphatic rings. The number of ether oxygens (including phenoxy) is 3. The number of carbonyl (C=O) groups is 1. The second-order valence-electron chi connectivity index (χ2n) is 5.80. The summed E-state index contributed by atoms with van der Waals surface area (Å²) in [5, 5.41) is 2.88. The van der Waals surface area contributed by atoms with Crippen LogP contribution in [0.1, 0.15) is 15.9 Å². The normalized spacial score (nSPS) is 10.1. The van der Waals surface area contributed by atoms with Gasteiger partial charge in [0.05, 0.1) is 14.2 Å². The highest BCUT2D eigenvalue weighted by molar-refractivity contribution is 6.04. The minimum Gasteiger partial charge on any atom is -0.493 e. The molecule has 0 radical (unpaired) electrons. The molecule has 5 nitrogen and oxygen atoms in total. The van der Waals surface area contributed by atoms with Crippen LogP contribution in [0.5, 0.6) is 17.2 Å². The third-order valence-corrected chi connectivity index (χ3v) is 3.99. The molecule has 0 aromatic heterocycles. The highest BCUT2D eigenvalue weighted by Crippen LogP contribution is 2.37. The Morgan fingerprint density at radius 1 is 0.852 bits per heavy atom. The minimum atomic E-state index is -0.169. The molecule has 27 heavy (non-hydrogen) atoms. The SMILES string of the molecule is COc1cccc(OC)c1OCc1cccc(C(=O)Nc2ccccc2)c1. The Hall–Kier alpha value is -3.47. The van der Waals surface area contributed by atoms with Gasteiger partial charge in [-0.15, -0.1) is 0 Å². The molecule has 1 N–H and O–H groups in total. The number of rotatable bonds is 7. The Morgan fingerprint density at radius 2 is 1.52 bits per heavy atom. The molecule has 3 aromatic carbocycles. The number of hydrogen-bond donors (Lipinski definition) is 1. The van der Waals surface area contributed by atoms with E-state index < -0.39 is 0 Å². The van der Waals surface area contributed by atoms with Gasteiger partial charge in [0.15, 0.2) is 11.5 Å². The van der Waals surface area contributed by atoms with Crippen molar-refractivity contribution in [1.29, 1.82) is 0 Å². The van der Waals surface area contributed by atoms with Crippen molar-refractivity contribution in [2.24, 2.45) is 0 Å². The number of anilines is 1. The van der Waals surface area contributed by atoms with Crippen molar-refractivity contribution < 1.29 is 19.0 Å². The van der Waals surface area contributed by atoms with Crippen molar-refractivity contribution in [2.45, 2.75) is 6.61 Å². The fraction of sp³-hybridized carbons (Fsp3) is 0.136. The van der Waals surface area contributed by atoms with Gasteiger partial charge in [-0.3, -0.25) is 4.79 Å². The van der Waals surface area contributed by atoms with Crippen LogP contribution in [-0.4, -0.2) is 20.1 Å². The van der Waals surface area contributed by atoms with E-state index in [-0.39, 0.29) is 12.5 Å².